The smallest absolute Gasteiger partial charge is 0.342 e. The van der Waals surface area contributed by atoms with E-state index in [1.165, 1.54) is 43.5 Å². The van der Waals surface area contributed by atoms with Gasteiger partial charge in [0.15, 0.2) is 11.5 Å². The minimum Gasteiger partial charge on any atom is -0.493 e. The van der Waals surface area contributed by atoms with Crippen LogP contribution in [0.2, 0.25) is 0 Å². The number of carbonyl (C=O) groups excluding carboxylic acids is 3. The molecule has 2 aliphatic heterocycles. The maximum Gasteiger partial charge on any atom is 0.342 e. The van der Waals surface area contributed by atoms with Gasteiger partial charge < -0.3 is 34.7 Å². The highest BCUT2D eigenvalue weighted by Crippen LogP contribution is 2.44. The molecule has 0 spiro atoms. The number of ether oxygens (including phenoxy) is 4. The van der Waals surface area contributed by atoms with E-state index < -0.39 is 46.0 Å². The lowest BCUT2D eigenvalue weighted by Gasteiger charge is -2.29. The molecule has 1 saturated heterocycles. The number of carbonyl (C=O) groups is 4. The Bertz CT molecular complexity index is 1910. The van der Waals surface area contributed by atoms with Crippen LogP contribution in [0, 0.1) is 0 Å². The lowest BCUT2D eigenvalue weighted by Crippen LogP contribution is -2.52. The predicted octanol–water partition coefficient (Wildman–Crippen LogP) is 4.61. The van der Waals surface area contributed by atoms with Crippen LogP contribution in [0.5, 0.6) is 23.0 Å². The summed E-state index contributed by atoms with van der Waals surface area (Å²) in [4.78, 5) is 53.4. The molecule has 0 bridgehead atoms. The fraction of sp³-hybridized carbons (Fsp3) is 0.371. The second-order valence-electron chi connectivity index (χ2n) is 12.2. The van der Waals surface area contributed by atoms with E-state index in [0.717, 1.165) is 10.5 Å². The van der Waals surface area contributed by atoms with Crippen molar-refractivity contribution in [1.29, 1.82) is 0 Å². The van der Waals surface area contributed by atoms with Crippen molar-refractivity contribution in [3.05, 3.63) is 76.9 Å². The van der Waals surface area contributed by atoms with Crippen LogP contribution < -0.4 is 24.7 Å². The summed E-state index contributed by atoms with van der Waals surface area (Å²) in [6, 6.07) is 10.4. The molecule has 1 fully saturated rings. The molecule has 0 aromatic heterocycles. The SMILES string of the molecule is CCCc1cc(C(=O)N(C(=O)N2CCCC2C(=O)O)S(=O)(=O)c2ccc(C(C)C)cc2)ccc1OC(C(N)=O)c1cc(OC)c2c(c1)OCO2. The molecule has 2 heterocycles. The Hall–Kier alpha value is -5.31. The molecule has 0 radical (unpaired) electrons. The number of aryl methyl sites for hydroxylation is 1. The van der Waals surface area contributed by atoms with Gasteiger partial charge in [-0.15, -0.1) is 4.31 Å². The number of nitrogens with zero attached hydrogens (tertiary/aromatic N) is 2. The van der Waals surface area contributed by atoms with Gasteiger partial charge in [0.1, 0.15) is 11.8 Å². The number of imide groups is 1. The van der Waals surface area contributed by atoms with Gasteiger partial charge in [0.05, 0.1) is 12.0 Å². The van der Waals surface area contributed by atoms with Crippen LogP contribution in [-0.4, -0.2) is 73.0 Å². The molecule has 3 aromatic rings. The van der Waals surface area contributed by atoms with Crippen LogP contribution in [0.3, 0.4) is 0 Å². The Kier molecular flexibility index (Phi) is 10.6. The molecule has 2 aliphatic rings. The number of hydrogen-bond acceptors (Lipinski definition) is 10. The molecule has 15 heteroatoms. The third-order valence-electron chi connectivity index (χ3n) is 8.54. The van der Waals surface area contributed by atoms with Gasteiger partial charge in [-0.25, -0.2) is 18.0 Å². The van der Waals surface area contributed by atoms with E-state index in [9.17, 15) is 32.7 Å². The highest BCUT2D eigenvalue weighted by molar-refractivity contribution is 7.90. The Balaban J connectivity index is 1.54. The molecule has 266 valence electrons. The predicted molar refractivity (Wildman–Crippen MR) is 179 cm³/mol. The Labute approximate surface area is 289 Å². The largest absolute Gasteiger partial charge is 0.493 e. The van der Waals surface area contributed by atoms with Gasteiger partial charge in [-0.1, -0.05) is 39.3 Å². The molecular formula is C35H39N3O11S. The van der Waals surface area contributed by atoms with E-state index in [4.69, 9.17) is 24.7 Å². The number of carboxylic acid groups (broad SMARTS) is 1. The molecule has 2 atom stereocenters. The van der Waals surface area contributed by atoms with Crippen molar-refractivity contribution < 1.29 is 51.6 Å². The molecule has 0 aliphatic carbocycles. The van der Waals surface area contributed by atoms with Gasteiger partial charge in [-0.05, 0) is 78.8 Å². The molecule has 14 nitrogen and oxygen atoms in total. The first-order valence-corrected chi connectivity index (χ1v) is 17.5. The fourth-order valence-corrected chi connectivity index (χ4v) is 7.25. The molecule has 5 rings (SSSR count). The van der Waals surface area contributed by atoms with E-state index in [2.05, 4.69) is 0 Å². The maximum atomic E-state index is 14.2. The standard InChI is InChI=1S/C35H39N3O11S/c1-5-7-22-16-23(11-14-27(22)49-30(32(36)39)24-17-28(46-4)31-29(18-24)47-19-48-31)33(40)38(35(43)37-15-6-8-26(37)34(41)42)50(44,45)25-12-9-21(10-13-25)20(2)3/h9-14,16-18,20,26,30H,5-8,15,19H2,1-4H3,(H2,36,39)(H,41,42). The fourth-order valence-electron chi connectivity index (χ4n) is 5.93. The van der Waals surface area contributed by atoms with Gasteiger partial charge in [0, 0.05) is 17.7 Å². The summed E-state index contributed by atoms with van der Waals surface area (Å²) in [5.41, 5.74) is 7.16. The number of hydrogen-bond donors (Lipinski definition) is 2. The summed E-state index contributed by atoms with van der Waals surface area (Å²) in [7, 11) is -3.39. The lowest BCUT2D eigenvalue weighted by atomic mass is 10.0. The first-order chi connectivity index (χ1) is 23.8. The van der Waals surface area contributed by atoms with E-state index >= 15 is 0 Å². The summed E-state index contributed by atoms with van der Waals surface area (Å²) >= 11 is 0. The first-order valence-electron chi connectivity index (χ1n) is 16.1. The molecule has 2 unspecified atom stereocenters. The van der Waals surface area contributed by atoms with Crippen LogP contribution in [0.25, 0.3) is 0 Å². The lowest BCUT2D eigenvalue weighted by molar-refractivity contribution is -0.141. The maximum absolute atomic E-state index is 14.2. The number of fused-ring (bicyclic) bond motifs is 1. The third kappa shape index (κ3) is 7.04. The Morgan fingerprint density at radius 1 is 1.02 bits per heavy atom. The summed E-state index contributed by atoms with van der Waals surface area (Å²) in [5.74, 6) is -2.07. The van der Waals surface area contributed by atoms with Crippen LogP contribution in [-0.2, 0) is 26.0 Å². The molecule has 0 saturated carbocycles. The second kappa shape index (κ2) is 14.7. The first kappa shape index (κ1) is 36.0. The highest BCUT2D eigenvalue weighted by Gasteiger charge is 2.44. The zero-order valence-electron chi connectivity index (χ0n) is 28.1. The summed E-state index contributed by atoms with van der Waals surface area (Å²) in [5, 5.41) is 9.75. The number of likely N-dealkylation sites (tertiary alicyclic amines) is 1. The van der Waals surface area contributed by atoms with Crippen LogP contribution in [0.1, 0.15) is 79.1 Å². The zero-order chi connectivity index (χ0) is 36.3. The van der Waals surface area contributed by atoms with E-state index in [-0.39, 0.29) is 46.2 Å². The average Bonchev–Trinajstić information content (AvgIpc) is 3.78. The second-order valence-corrected chi connectivity index (χ2v) is 14.0. The average molecular weight is 710 g/mol. The van der Waals surface area contributed by atoms with E-state index in [1.807, 2.05) is 20.8 Å². The van der Waals surface area contributed by atoms with Crippen molar-refractivity contribution in [2.45, 2.75) is 69.4 Å². The Morgan fingerprint density at radius 3 is 2.36 bits per heavy atom. The van der Waals surface area contributed by atoms with Gasteiger partial charge in [-0.3, -0.25) is 9.59 Å². The van der Waals surface area contributed by atoms with Crippen LogP contribution >= 0.6 is 0 Å². The third-order valence-corrected chi connectivity index (χ3v) is 10.2. The number of sulfonamides is 1. The monoisotopic (exact) mass is 709 g/mol. The number of urea groups is 1. The number of primary amides is 1. The topological polar surface area (TPSA) is 192 Å². The quantitative estimate of drug-likeness (QED) is 0.267. The van der Waals surface area contributed by atoms with E-state index in [1.54, 1.807) is 18.2 Å². The molecular weight excluding hydrogens is 670 g/mol. The molecule has 3 aromatic carbocycles. The molecule has 3 N–H and O–H groups in total. The molecule has 4 amide bonds. The normalized spacial score (nSPS) is 15.9. The van der Waals surface area contributed by atoms with Crippen LogP contribution in [0.15, 0.2) is 59.5 Å². The molecule has 50 heavy (non-hydrogen) atoms. The van der Waals surface area contributed by atoms with Crippen molar-refractivity contribution in [3.8, 4) is 23.0 Å². The number of nitrogens with two attached hydrogens (primary N) is 1. The van der Waals surface area contributed by atoms with Crippen molar-refractivity contribution in [2.75, 3.05) is 20.4 Å². The van der Waals surface area contributed by atoms with Crippen molar-refractivity contribution in [1.82, 2.24) is 9.21 Å². The number of amides is 4. The van der Waals surface area contributed by atoms with Gasteiger partial charge in [0.2, 0.25) is 18.6 Å². The van der Waals surface area contributed by atoms with E-state index in [0.29, 0.717) is 47.6 Å². The van der Waals surface area contributed by atoms with Crippen molar-refractivity contribution in [3.63, 3.8) is 0 Å². The van der Waals surface area contributed by atoms with Gasteiger partial charge in [0.25, 0.3) is 21.8 Å². The minimum absolute atomic E-state index is 0.0411. The van der Waals surface area contributed by atoms with Crippen molar-refractivity contribution >= 4 is 33.8 Å². The summed E-state index contributed by atoms with van der Waals surface area (Å²) < 4.78 is 50.7. The number of rotatable bonds is 12. The summed E-state index contributed by atoms with van der Waals surface area (Å²) in [6.45, 7) is 5.64. The van der Waals surface area contributed by atoms with Gasteiger partial charge >= 0.3 is 12.0 Å². The number of methoxy groups -OCH3 is 1. The zero-order valence-corrected chi connectivity index (χ0v) is 28.9. The van der Waals surface area contributed by atoms with Crippen molar-refractivity contribution in [2.24, 2.45) is 5.73 Å². The summed E-state index contributed by atoms with van der Waals surface area (Å²) in [6.07, 6.45) is -0.0150. The number of carboxylic acids is 1. The Morgan fingerprint density at radius 2 is 1.74 bits per heavy atom. The van der Waals surface area contributed by atoms with Gasteiger partial charge in [-0.2, -0.15) is 0 Å². The number of aliphatic carboxylic acids is 1. The van der Waals surface area contributed by atoms with Crippen LogP contribution in [0.4, 0.5) is 4.79 Å². The number of benzene rings is 3. The highest BCUT2D eigenvalue weighted by atomic mass is 32.2. The minimum atomic E-state index is -4.82.